The fourth-order valence-electron chi connectivity index (χ4n) is 4.29. The fraction of sp³-hybridized carbons (Fsp3) is 0.421. The Morgan fingerprint density at radius 2 is 1.83 bits per heavy atom. The maximum absolute atomic E-state index is 15.1. The van der Waals surface area contributed by atoms with Crippen molar-refractivity contribution in [3.05, 3.63) is 47.0 Å². The van der Waals surface area contributed by atoms with Crippen LogP contribution >= 0.6 is 26.8 Å². The van der Waals surface area contributed by atoms with Crippen LogP contribution in [0.25, 0.3) is 11.2 Å². The highest BCUT2D eigenvalue weighted by Gasteiger charge is 2.47. The summed E-state index contributed by atoms with van der Waals surface area (Å²) in [5, 5.41) is 10.2. The van der Waals surface area contributed by atoms with E-state index in [1.165, 1.54) is 10.9 Å². The number of nitrogens with zero attached hydrogens (tertiary/aromatic N) is 5. The number of hydrogen-bond donors (Lipinski definition) is 4. The van der Waals surface area contributed by atoms with Crippen LogP contribution in [0.2, 0.25) is 5.28 Å². The lowest BCUT2D eigenvalue weighted by molar-refractivity contribution is -0.0425. The summed E-state index contributed by atoms with van der Waals surface area (Å²) in [6.45, 7) is 0.335. The molecule has 3 aromatic rings. The van der Waals surface area contributed by atoms with Gasteiger partial charge < -0.3 is 33.9 Å². The van der Waals surface area contributed by atoms with Crippen molar-refractivity contribution in [3.63, 3.8) is 0 Å². The van der Waals surface area contributed by atoms with E-state index in [0.717, 1.165) is 11.1 Å². The van der Waals surface area contributed by atoms with Crippen molar-refractivity contribution in [2.45, 2.75) is 37.7 Å². The molecule has 2 aliphatic heterocycles. The predicted octanol–water partition coefficient (Wildman–Crippen LogP) is 1.93. The molecule has 0 aliphatic carbocycles. The van der Waals surface area contributed by atoms with E-state index in [9.17, 15) is 19.1 Å². The maximum Gasteiger partial charge on any atom is 0.340 e. The van der Waals surface area contributed by atoms with Crippen LogP contribution in [-0.2, 0) is 31.5 Å². The SMILES string of the molecule is O=P(O)(O)CP(=O)(O)OC[C@H]1O[C@@H](n2cnc3c(N4Cc5ccccc5C4)nc(Cl)nc32)[C@@H](F)[C@@H]1O. The van der Waals surface area contributed by atoms with Gasteiger partial charge in [-0.3, -0.25) is 13.7 Å². The summed E-state index contributed by atoms with van der Waals surface area (Å²) >= 11 is 6.18. The molecule has 0 saturated carbocycles. The Kier molecular flexibility index (Phi) is 6.69. The second-order valence-corrected chi connectivity index (χ2v) is 12.8. The van der Waals surface area contributed by atoms with Gasteiger partial charge in [0.25, 0.3) is 0 Å². The first-order valence-corrected chi connectivity index (χ1v) is 14.6. The van der Waals surface area contributed by atoms with Crippen LogP contribution in [0.1, 0.15) is 17.4 Å². The lowest BCUT2D eigenvalue weighted by atomic mass is 10.1. The monoisotopic (exact) mass is 563 g/mol. The van der Waals surface area contributed by atoms with Crippen LogP contribution in [0, 0.1) is 0 Å². The number of aromatic nitrogens is 4. The largest absolute Gasteiger partial charge is 0.387 e. The van der Waals surface area contributed by atoms with Gasteiger partial charge in [0.2, 0.25) is 5.28 Å². The summed E-state index contributed by atoms with van der Waals surface area (Å²) in [5.41, 5.74) is 2.72. The molecule has 4 N–H and O–H groups in total. The Labute approximate surface area is 208 Å². The first-order valence-electron chi connectivity index (χ1n) is 10.6. The summed E-state index contributed by atoms with van der Waals surface area (Å²) < 4.78 is 49.5. The molecule has 5 atom stereocenters. The van der Waals surface area contributed by atoms with Crippen molar-refractivity contribution >= 4 is 43.8 Å². The molecule has 1 unspecified atom stereocenters. The Morgan fingerprint density at radius 3 is 2.47 bits per heavy atom. The molecule has 1 fully saturated rings. The van der Waals surface area contributed by atoms with Crippen LogP contribution < -0.4 is 4.90 Å². The summed E-state index contributed by atoms with van der Waals surface area (Å²) in [7, 11) is -9.57. The van der Waals surface area contributed by atoms with E-state index in [4.69, 9.17) is 26.1 Å². The van der Waals surface area contributed by atoms with E-state index in [2.05, 4.69) is 19.5 Å². The number of alkyl halides is 1. The molecule has 13 nitrogen and oxygen atoms in total. The molecule has 1 saturated heterocycles. The molecule has 5 rings (SSSR count). The van der Waals surface area contributed by atoms with E-state index >= 15 is 4.39 Å². The number of anilines is 1. The van der Waals surface area contributed by atoms with Gasteiger partial charge in [-0.15, -0.1) is 0 Å². The van der Waals surface area contributed by atoms with Crippen molar-refractivity contribution in [2.75, 3.05) is 17.4 Å². The molecule has 0 radical (unpaired) electrons. The molecule has 2 aliphatic rings. The van der Waals surface area contributed by atoms with Crippen molar-refractivity contribution in [1.29, 1.82) is 0 Å². The Morgan fingerprint density at radius 1 is 1.17 bits per heavy atom. The summed E-state index contributed by atoms with van der Waals surface area (Å²) in [5.74, 6) is -0.983. The van der Waals surface area contributed by atoms with Gasteiger partial charge in [0.05, 0.1) is 12.9 Å². The third kappa shape index (κ3) is 5.06. The zero-order valence-corrected chi connectivity index (χ0v) is 20.9. The van der Waals surface area contributed by atoms with Gasteiger partial charge in [-0.2, -0.15) is 9.97 Å². The zero-order chi connectivity index (χ0) is 25.8. The summed E-state index contributed by atoms with van der Waals surface area (Å²) in [6.07, 6.45) is -5.37. The molecule has 17 heteroatoms. The maximum atomic E-state index is 15.1. The van der Waals surface area contributed by atoms with Crippen LogP contribution in [0.5, 0.6) is 0 Å². The minimum Gasteiger partial charge on any atom is -0.387 e. The highest BCUT2D eigenvalue weighted by molar-refractivity contribution is 7.70. The minimum atomic E-state index is -4.85. The molecule has 2 aromatic heterocycles. The fourth-order valence-corrected chi connectivity index (χ4v) is 7.02. The van der Waals surface area contributed by atoms with E-state index in [0.29, 0.717) is 24.4 Å². The molecule has 0 amide bonds. The zero-order valence-electron chi connectivity index (χ0n) is 18.3. The number of hydrogen-bond acceptors (Lipinski definition) is 9. The van der Waals surface area contributed by atoms with Crippen LogP contribution in [-0.4, -0.2) is 70.2 Å². The van der Waals surface area contributed by atoms with E-state index in [1.54, 1.807) is 0 Å². The molecular formula is C19H21ClFN5O8P2. The second kappa shape index (κ2) is 9.39. The van der Waals surface area contributed by atoms with Gasteiger partial charge in [-0.05, 0) is 22.7 Å². The Hall–Kier alpha value is -1.99. The number of halogens is 2. The third-order valence-corrected chi connectivity index (χ3v) is 9.51. The van der Waals surface area contributed by atoms with Gasteiger partial charge >= 0.3 is 15.2 Å². The minimum absolute atomic E-state index is 0.109. The number of imidazole rings is 1. The molecule has 194 valence electrons. The first-order chi connectivity index (χ1) is 16.9. The third-order valence-electron chi connectivity index (χ3n) is 5.89. The normalized spacial score (nSPS) is 25.9. The van der Waals surface area contributed by atoms with Crippen molar-refractivity contribution in [3.8, 4) is 0 Å². The highest BCUT2D eigenvalue weighted by atomic mass is 35.5. The smallest absolute Gasteiger partial charge is 0.340 e. The number of rotatable bonds is 7. The van der Waals surface area contributed by atoms with E-state index < -0.39 is 52.3 Å². The van der Waals surface area contributed by atoms with Crippen LogP contribution in [0.3, 0.4) is 0 Å². The lowest BCUT2D eigenvalue weighted by Gasteiger charge is -2.19. The van der Waals surface area contributed by atoms with Crippen molar-refractivity contribution in [2.24, 2.45) is 0 Å². The number of aliphatic hydroxyl groups excluding tert-OH is 1. The van der Waals surface area contributed by atoms with E-state index in [1.807, 2.05) is 29.2 Å². The van der Waals surface area contributed by atoms with E-state index in [-0.39, 0.29) is 10.9 Å². The molecule has 1 aromatic carbocycles. The summed E-state index contributed by atoms with van der Waals surface area (Å²) in [6, 6.07) is 7.88. The average molecular weight is 564 g/mol. The molecular weight excluding hydrogens is 543 g/mol. The number of fused-ring (bicyclic) bond motifs is 2. The average Bonchev–Trinajstić information content (AvgIpc) is 3.47. The van der Waals surface area contributed by atoms with Gasteiger partial charge in [0.1, 0.15) is 12.2 Å². The van der Waals surface area contributed by atoms with Gasteiger partial charge in [-0.1, -0.05) is 24.3 Å². The molecule has 4 heterocycles. The predicted molar refractivity (Wildman–Crippen MR) is 124 cm³/mol. The number of ether oxygens (including phenoxy) is 1. The van der Waals surface area contributed by atoms with Gasteiger partial charge in [0, 0.05) is 13.1 Å². The topological polar surface area (TPSA) is 180 Å². The first kappa shape index (κ1) is 25.7. The molecule has 36 heavy (non-hydrogen) atoms. The Balaban J connectivity index is 1.38. The molecule has 0 bridgehead atoms. The second-order valence-electron chi connectivity index (χ2n) is 8.50. The standard InChI is InChI=1S/C19H21ClFN5O8P2/c20-19-23-16(25-5-10-3-1-2-4-11(10)6-25)14-17(24-19)26(8-22-14)18-13(21)15(27)12(34-18)7-33-36(31,32)9-35(28,29)30/h1-4,8,12-13,15,18,27H,5-7,9H2,(H,31,32)(H2,28,29,30)/t12-,13+,15-,18-/m1/s1. The Bertz CT molecular complexity index is 1380. The van der Waals surface area contributed by atoms with Crippen LogP contribution in [0.15, 0.2) is 30.6 Å². The van der Waals surface area contributed by atoms with Crippen LogP contribution in [0.4, 0.5) is 10.2 Å². The van der Waals surface area contributed by atoms with Gasteiger partial charge in [0.15, 0.2) is 35.3 Å². The summed E-state index contributed by atoms with van der Waals surface area (Å²) in [4.78, 5) is 42.2. The quantitative estimate of drug-likeness (QED) is 0.243. The molecule has 0 spiro atoms. The van der Waals surface area contributed by atoms with Crippen molar-refractivity contribution < 1.29 is 42.6 Å². The highest BCUT2D eigenvalue weighted by Crippen LogP contribution is 2.55. The number of aliphatic hydroxyl groups is 1. The lowest BCUT2D eigenvalue weighted by Crippen LogP contribution is -2.31. The van der Waals surface area contributed by atoms with Gasteiger partial charge in [-0.25, -0.2) is 9.37 Å². The number of benzene rings is 1. The van der Waals surface area contributed by atoms with Crippen molar-refractivity contribution in [1.82, 2.24) is 19.5 Å².